The lowest BCUT2D eigenvalue weighted by molar-refractivity contribution is -0.115. The van der Waals surface area contributed by atoms with Crippen LogP contribution in [-0.2, 0) is 4.79 Å². The Morgan fingerprint density at radius 3 is 2.00 bits per heavy atom. The summed E-state index contributed by atoms with van der Waals surface area (Å²) >= 11 is 1.42. The molecule has 0 spiro atoms. The number of carbonyl (C=O) groups excluding carboxylic acids is 2. The Kier molecular flexibility index (Phi) is 7.41. The first-order chi connectivity index (χ1) is 17.2. The van der Waals surface area contributed by atoms with Crippen LogP contribution in [0.5, 0.6) is 0 Å². The highest BCUT2D eigenvalue weighted by atomic mass is 32.2. The standard InChI is InChI=1S/C29H26N2O4S/c1-17-14-18(2)16-22(15-17)31-27(32)19(3)36-23-12-10-21(11-13-23)30-28(33)24-8-4-6-20-7-5-9-25(26(20)24)29(34)35/h4-16,19H,1-3H3,(H,30,33)(H,31,32)(H,34,35). The van der Waals surface area contributed by atoms with E-state index in [0.29, 0.717) is 22.0 Å². The first-order valence-corrected chi connectivity index (χ1v) is 12.3. The van der Waals surface area contributed by atoms with Crippen molar-refractivity contribution in [1.29, 1.82) is 0 Å². The normalized spacial score (nSPS) is 11.6. The predicted octanol–water partition coefficient (Wildman–Crippen LogP) is 6.53. The van der Waals surface area contributed by atoms with Crippen molar-refractivity contribution in [3.8, 4) is 0 Å². The maximum absolute atomic E-state index is 13.0. The highest BCUT2D eigenvalue weighted by Gasteiger charge is 2.18. The molecule has 2 amide bonds. The van der Waals surface area contributed by atoms with Gasteiger partial charge in [-0.3, -0.25) is 9.59 Å². The second kappa shape index (κ2) is 10.7. The molecule has 3 N–H and O–H groups in total. The van der Waals surface area contributed by atoms with Crippen molar-refractivity contribution >= 4 is 51.7 Å². The molecule has 0 aliphatic carbocycles. The Morgan fingerprint density at radius 2 is 1.39 bits per heavy atom. The van der Waals surface area contributed by atoms with E-state index in [4.69, 9.17) is 0 Å². The number of fused-ring (bicyclic) bond motifs is 1. The molecule has 4 aromatic carbocycles. The summed E-state index contributed by atoms with van der Waals surface area (Å²) in [5, 5.41) is 16.1. The highest BCUT2D eigenvalue weighted by molar-refractivity contribution is 8.00. The van der Waals surface area contributed by atoms with Gasteiger partial charge < -0.3 is 15.7 Å². The molecule has 4 aromatic rings. The van der Waals surface area contributed by atoms with Crippen molar-refractivity contribution in [2.75, 3.05) is 10.6 Å². The molecule has 0 aliphatic rings. The number of rotatable bonds is 7. The Labute approximate surface area is 213 Å². The van der Waals surface area contributed by atoms with E-state index in [1.165, 1.54) is 17.8 Å². The average molecular weight is 499 g/mol. The number of amides is 2. The largest absolute Gasteiger partial charge is 0.478 e. The summed E-state index contributed by atoms with van der Waals surface area (Å²) in [6.45, 7) is 5.83. The van der Waals surface area contributed by atoms with E-state index in [0.717, 1.165) is 21.7 Å². The number of carbonyl (C=O) groups is 3. The molecule has 6 nitrogen and oxygen atoms in total. The molecule has 36 heavy (non-hydrogen) atoms. The molecule has 0 heterocycles. The summed E-state index contributed by atoms with van der Waals surface area (Å²) in [4.78, 5) is 38.2. The summed E-state index contributed by atoms with van der Waals surface area (Å²) in [6.07, 6.45) is 0. The molecule has 0 aromatic heterocycles. The lowest BCUT2D eigenvalue weighted by Crippen LogP contribution is -2.22. The van der Waals surface area contributed by atoms with Gasteiger partial charge in [0.15, 0.2) is 0 Å². The molecule has 0 radical (unpaired) electrons. The second-order valence-corrected chi connectivity index (χ2v) is 10.0. The van der Waals surface area contributed by atoms with Crippen LogP contribution in [0.2, 0.25) is 0 Å². The van der Waals surface area contributed by atoms with Crippen LogP contribution in [0.4, 0.5) is 11.4 Å². The van der Waals surface area contributed by atoms with Gasteiger partial charge in [-0.2, -0.15) is 0 Å². The fraction of sp³-hybridized carbons (Fsp3) is 0.138. The van der Waals surface area contributed by atoms with Gasteiger partial charge in [0.1, 0.15) is 0 Å². The van der Waals surface area contributed by atoms with Crippen LogP contribution < -0.4 is 10.6 Å². The molecule has 0 fully saturated rings. The lowest BCUT2D eigenvalue weighted by Gasteiger charge is -2.14. The molecule has 182 valence electrons. The summed E-state index contributed by atoms with van der Waals surface area (Å²) < 4.78 is 0. The maximum atomic E-state index is 13.0. The predicted molar refractivity (Wildman–Crippen MR) is 145 cm³/mol. The Morgan fingerprint density at radius 1 is 0.778 bits per heavy atom. The number of carboxylic acid groups (broad SMARTS) is 1. The molecule has 4 rings (SSSR count). The number of hydrogen-bond acceptors (Lipinski definition) is 4. The van der Waals surface area contributed by atoms with Gasteiger partial charge in [0, 0.05) is 27.2 Å². The number of thioether (sulfide) groups is 1. The molecule has 0 saturated carbocycles. The summed E-state index contributed by atoms with van der Waals surface area (Å²) in [7, 11) is 0. The topological polar surface area (TPSA) is 95.5 Å². The Balaban J connectivity index is 1.44. The second-order valence-electron chi connectivity index (χ2n) is 8.62. The van der Waals surface area contributed by atoms with E-state index >= 15 is 0 Å². The van der Waals surface area contributed by atoms with E-state index < -0.39 is 11.9 Å². The van der Waals surface area contributed by atoms with Crippen molar-refractivity contribution in [2.45, 2.75) is 30.9 Å². The first kappa shape index (κ1) is 25.0. The van der Waals surface area contributed by atoms with Crippen LogP contribution in [0.15, 0.2) is 83.8 Å². The van der Waals surface area contributed by atoms with E-state index in [1.54, 1.807) is 42.5 Å². The summed E-state index contributed by atoms with van der Waals surface area (Å²) in [6, 6.07) is 23.2. The Hall–Kier alpha value is -4.10. The third-order valence-electron chi connectivity index (χ3n) is 5.66. The van der Waals surface area contributed by atoms with Gasteiger partial charge in [0.05, 0.1) is 10.8 Å². The van der Waals surface area contributed by atoms with Crippen molar-refractivity contribution in [1.82, 2.24) is 0 Å². The molecular formula is C29H26N2O4S. The van der Waals surface area contributed by atoms with Gasteiger partial charge in [-0.25, -0.2) is 4.79 Å². The van der Waals surface area contributed by atoms with Crippen molar-refractivity contribution < 1.29 is 19.5 Å². The van der Waals surface area contributed by atoms with Crippen LogP contribution >= 0.6 is 11.8 Å². The van der Waals surface area contributed by atoms with Gasteiger partial charge in [-0.1, -0.05) is 30.3 Å². The van der Waals surface area contributed by atoms with Crippen molar-refractivity contribution in [2.24, 2.45) is 0 Å². The zero-order chi connectivity index (χ0) is 25.8. The third kappa shape index (κ3) is 5.75. The fourth-order valence-corrected chi connectivity index (χ4v) is 4.94. The molecule has 0 saturated heterocycles. The lowest BCUT2D eigenvalue weighted by atomic mass is 9.98. The van der Waals surface area contributed by atoms with E-state index in [-0.39, 0.29) is 16.7 Å². The molecule has 1 unspecified atom stereocenters. The quantitative estimate of drug-likeness (QED) is 0.252. The SMILES string of the molecule is Cc1cc(C)cc(NC(=O)C(C)Sc2ccc(NC(=O)c3cccc4cccc(C(=O)O)c34)cc2)c1. The third-order valence-corrected chi connectivity index (χ3v) is 6.78. The van der Waals surface area contributed by atoms with E-state index in [2.05, 4.69) is 16.7 Å². The fourth-order valence-electron chi connectivity index (χ4n) is 4.07. The minimum atomic E-state index is -1.09. The van der Waals surface area contributed by atoms with Crippen LogP contribution in [0, 0.1) is 13.8 Å². The van der Waals surface area contributed by atoms with Crippen LogP contribution in [0.25, 0.3) is 10.8 Å². The van der Waals surface area contributed by atoms with Crippen LogP contribution in [-0.4, -0.2) is 28.1 Å². The maximum Gasteiger partial charge on any atom is 0.336 e. The zero-order valence-corrected chi connectivity index (χ0v) is 21.0. The van der Waals surface area contributed by atoms with Crippen LogP contribution in [0.1, 0.15) is 38.8 Å². The number of nitrogens with one attached hydrogen (secondary N) is 2. The van der Waals surface area contributed by atoms with Gasteiger partial charge in [-0.15, -0.1) is 11.8 Å². The van der Waals surface area contributed by atoms with Gasteiger partial charge in [-0.05, 0) is 85.8 Å². The van der Waals surface area contributed by atoms with Gasteiger partial charge in [0.25, 0.3) is 5.91 Å². The average Bonchev–Trinajstić information content (AvgIpc) is 2.83. The summed E-state index contributed by atoms with van der Waals surface area (Å²) in [5.74, 6) is -1.57. The van der Waals surface area contributed by atoms with E-state index in [9.17, 15) is 19.5 Å². The number of hydrogen-bond donors (Lipinski definition) is 3. The minimum absolute atomic E-state index is 0.0816. The smallest absolute Gasteiger partial charge is 0.336 e. The first-order valence-electron chi connectivity index (χ1n) is 11.4. The highest BCUT2D eigenvalue weighted by Crippen LogP contribution is 2.27. The zero-order valence-electron chi connectivity index (χ0n) is 20.2. The monoisotopic (exact) mass is 498 g/mol. The van der Waals surface area contributed by atoms with Crippen molar-refractivity contribution in [3.05, 3.63) is 101 Å². The Bertz CT molecular complexity index is 1440. The molecule has 1 atom stereocenters. The van der Waals surface area contributed by atoms with Crippen LogP contribution in [0.3, 0.4) is 0 Å². The number of carboxylic acids is 1. The molecule has 0 aliphatic heterocycles. The van der Waals surface area contributed by atoms with Crippen molar-refractivity contribution in [3.63, 3.8) is 0 Å². The summed E-state index contributed by atoms with van der Waals surface area (Å²) in [5.41, 5.74) is 3.90. The number of aryl methyl sites for hydroxylation is 2. The molecule has 0 bridgehead atoms. The molecule has 7 heteroatoms. The van der Waals surface area contributed by atoms with Gasteiger partial charge in [0.2, 0.25) is 5.91 Å². The number of aromatic carboxylic acids is 1. The number of benzene rings is 4. The number of anilines is 2. The molecular weight excluding hydrogens is 472 g/mol. The van der Waals surface area contributed by atoms with Gasteiger partial charge >= 0.3 is 5.97 Å². The minimum Gasteiger partial charge on any atom is -0.478 e. The van der Waals surface area contributed by atoms with E-state index in [1.807, 2.05) is 45.0 Å².